The summed E-state index contributed by atoms with van der Waals surface area (Å²) in [5.41, 5.74) is 1.03. The number of phenolic OH excluding ortho intramolecular Hbond substituents is 1. The van der Waals surface area contributed by atoms with E-state index in [0.29, 0.717) is 37.4 Å². The maximum atomic E-state index is 10.9. The van der Waals surface area contributed by atoms with E-state index in [0.717, 1.165) is 5.56 Å². The van der Waals surface area contributed by atoms with Crippen LogP contribution in [0.15, 0.2) is 24.6 Å². The van der Waals surface area contributed by atoms with Crippen molar-refractivity contribution in [3.8, 4) is 5.75 Å². The first-order valence-corrected chi connectivity index (χ1v) is 7.30. The molecule has 1 heterocycles. The Kier molecular flexibility index (Phi) is 5.60. The average Bonchev–Trinajstić information content (AvgIpc) is 2.59. The van der Waals surface area contributed by atoms with E-state index in [9.17, 15) is 15.2 Å². The Hall–Kier alpha value is -2.28. The summed E-state index contributed by atoms with van der Waals surface area (Å²) in [5, 5.41) is 21.1. The Bertz CT molecular complexity index is 607. The lowest BCUT2D eigenvalue weighted by Gasteiger charge is -2.30. The van der Waals surface area contributed by atoms with E-state index >= 15 is 0 Å². The number of nitro groups is 1. The molecule has 0 aromatic heterocycles. The smallest absolute Gasteiger partial charge is 0.311 e. The van der Waals surface area contributed by atoms with Gasteiger partial charge in [0.2, 0.25) is 0 Å². The molecule has 23 heavy (non-hydrogen) atoms. The Labute approximate surface area is 135 Å². The maximum absolute atomic E-state index is 10.9. The molecule has 0 atom stereocenters. The second kappa shape index (κ2) is 6.87. The van der Waals surface area contributed by atoms with Crippen molar-refractivity contribution in [2.45, 2.75) is 39.2 Å². The van der Waals surface area contributed by atoms with Crippen LogP contribution in [0.4, 0.5) is 5.69 Å². The summed E-state index contributed by atoms with van der Waals surface area (Å²) in [6, 6.07) is 3.09. The summed E-state index contributed by atoms with van der Waals surface area (Å²) >= 11 is 0. The van der Waals surface area contributed by atoms with Gasteiger partial charge >= 0.3 is 5.69 Å². The number of fused-ring (bicyclic) bond motifs is 1. The van der Waals surface area contributed by atoms with Crippen molar-refractivity contribution in [3.05, 3.63) is 45.8 Å². The summed E-state index contributed by atoms with van der Waals surface area (Å²) in [4.78, 5) is 12.4. The summed E-state index contributed by atoms with van der Waals surface area (Å²) in [6.45, 7) is 11.2. The molecule has 0 saturated carbocycles. The van der Waals surface area contributed by atoms with Crippen molar-refractivity contribution in [3.63, 3.8) is 0 Å². The Morgan fingerprint density at radius 1 is 1.35 bits per heavy atom. The highest BCUT2D eigenvalue weighted by Gasteiger charge is 2.25. The second-order valence-corrected chi connectivity index (χ2v) is 6.42. The fraction of sp³-hybridized carbons (Fsp3) is 0.500. The lowest BCUT2D eigenvalue weighted by atomic mass is 10.0. The predicted octanol–water partition coefficient (Wildman–Crippen LogP) is 2.16. The quantitative estimate of drug-likeness (QED) is 0.521. The Morgan fingerprint density at radius 2 is 1.96 bits per heavy atom. The van der Waals surface area contributed by atoms with Crippen LogP contribution in [-0.4, -0.2) is 39.1 Å². The van der Waals surface area contributed by atoms with Gasteiger partial charge in [0.25, 0.3) is 0 Å². The van der Waals surface area contributed by atoms with Crippen molar-refractivity contribution in [2.24, 2.45) is 0 Å². The van der Waals surface area contributed by atoms with Crippen molar-refractivity contribution < 1.29 is 20.2 Å². The minimum atomic E-state index is -0.556. The topological polar surface area (TPSA) is 107 Å². The van der Waals surface area contributed by atoms with Gasteiger partial charge in [-0.2, -0.15) is 0 Å². The van der Waals surface area contributed by atoms with Gasteiger partial charge < -0.3 is 20.2 Å². The highest BCUT2D eigenvalue weighted by atomic mass is 16.6. The molecule has 0 unspecified atom stereocenters. The number of phenols is 1. The summed E-state index contributed by atoms with van der Waals surface area (Å²) in [7, 11) is 0. The standard InChI is InChI=1S/C16H22N2O4.H2O/c1-11(22-16(2,3)4)17-9-7-12-5-6-14(18(20)21)15(19)13(12)8-10-17;/h5-6,19H,1,7-10H2,2-4H3;1H2. The van der Waals surface area contributed by atoms with Crippen LogP contribution in [0, 0.1) is 10.1 Å². The monoisotopic (exact) mass is 324 g/mol. The van der Waals surface area contributed by atoms with Gasteiger partial charge in [0, 0.05) is 24.7 Å². The molecule has 128 valence electrons. The number of aromatic hydroxyl groups is 1. The van der Waals surface area contributed by atoms with Gasteiger partial charge in [0.1, 0.15) is 5.60 Å². The Morgan fingerprint density at radius 3 is 2.52 bits per heavy atom. The number of hydrogen-bond donors (Lipinski definition) is 1. The first-order valence-electron chi connectivity index (χ1n) is 7.30. The lowest BCUT2D eigenvalue weighted by molar-refractivity contribution is -0.385. The van der Waals surface area contributed by atoms with Gasteiger partial charge in [-0.05, 0) is 45.8 Å². The van der Waals surface area contributed by atoms with Crippen molar-refractivity contribution in [2.75, 3.05) is 13.1 Å². The van der Waals surface area contributed by atoms with E-state index < -0.39 is 4.92 Å². The maximum Gasteiger partial charge on any atom is 0.311 e. The van der Waals surface area contributed by atoms with Gasteiger partial charge in [-0.25, -0.2) is 0 Å². The molecule has 1 aromatic carbocycles. The molecule has 0 fully saturated rings. The Balaban J connectivity index is 0.00000264. The third kappa shape index (κ3) is 4.35. The zero-order valence-electron chi connectivity index (χ0n) is 13.8. The fourth-order valence-electron chi connectivity index (χ4n) is 2.61. The first-order chi connectivity index (χ1) is 10.2. The van der Waals surface area contributed by atoms with Crippen LogP contribution in [-0.2, 0) is 17.6 Å². The predicted molar refractivity (Wildman–Crippen MR) is 87.3 cm³/mol. The minimum absolute atomic E-state index is 0. The molecule has 1 aromatic rings. The largest absolute Gasteiger partial charge is 0.502 e. The number of ether oxygens (including phenoxy) is 1. The van der Waals surface area contributed by atoms with Crippen LogP contribution < -0.4 is 0 Å². The van der Waals surface area contributed by atoms with E-state index in [1.807, 2.05) is 25.7 Å². The van der Waals surface area contributed by atoms with Crippen LogP contribution in [0.5, 0.6) is 5.75 Å². The molecule has 2 rings (SSSR count). The van der Waals surface area contributed by atoms with Crippen LogP contribution in [0.1, 0.15) is 31.9 Å². The minimum Gasteiger partial charge on any atom is -0.502 e. The SMILES string of the molecule is C=C(OC(C)(C)C)N1CCc2ccc([N+](=O)[O-])c(O)c2CC1.O. The molecule has 7 nitrogen and oxygen atoms in total. The molecule has 0 saturated heterocycles. The third-order valence-electron chi connectivity index (χ3n) is 3.61. The number of hydrogen-bond acceptors (Lipinski definition) is 5. The molecule has 0 aliphatic carbocycles. The van der Waals surface area contributed by atoms with E-state index in [1.165, 1.54) is 6.07 Å². The summed E-state index contributed by atoms with van der Waals surface area (Å²) in [5.74, 6) is 0.376. The zero-order valence-corrected chi connectivity index (χ0v) is 13.8. The molecular weight excluding hydrogens is 300 g/mol. The van der Waals surface area contributed by atoms with Crippen LogP contribution in [0.25, 0.3) is 0 Å². The highest BCUT2D eigenvalue weighted by Crippen LogP contribution is 2.34. The molecule has 0 radical (unpaired) electrons. The lowest BCUT2D eigenvalue weighted by Crippen LogP contribution is -2.31. The highest BCUT2D eigenvalue weighted by molar-refractivity contribution is 5.54. The first kappa shape index (κ1) is 18.8. The molecule has 0 spiro atoms. The van der Waals surface area contributed by atoms with E-state index in [4.69, 9.17) is 4.74 Å². The fourth-order valence-corrected chi connectivity index (χ4v) is 2.61. The van der Waals surface area contributed by atoms with Gasteiger partial charge in [-0.3, -0.25) is 10.1 Å². The molecule has 0 amide bonds. The number of benzene rings is 1. The number of rotatable bonds is 3. The summed E-state index contributed by atoms with van der Waals surface area (Å²) < 4.78 is 5.78. The molecule has 3 N–H and O–H groups in total. The van der Waals surface area contributed by atoms with Gasteiger partial charge in [-0.1, -0.05) is 6.07 Å². The van der Waals surface area contributed by atoms with Crippen molar-refractivity contribution in [1.82, 2.24) is 4.90 Å². The third-order valence-corrected chi connectivity index (χ3v) is 3.61. The van der Waals surface area contributed by atoms with E-state index in [1.54, 1.807) is 6.07 Å². The molecular formula is C16H24N2O5. The normalized spacial score (nSPS) is 14.3. The van der Waals surface area contributed by atoms with Crippen LogP contribution in [0.2, 0.25) is 0 Å². The number of nitrogens with zero attached hydrogens (tertiary/aromatic N) is 2. The average molecular weight is 324 g/mol. The molecule has 0 bridgehead atoms. The zero-order chi connectivity index (χ0) is 16.5. The second-order valence-electron chi connectivity index (χ2n) is 6.42. The van der Waals surface area contributed by atoms with E-state index in [2.05, 4.69) is 6.58 Å². The van der Waals surface area contributed by atoms with Crippen molar-refractivity contribution >= 4 is 5.69 Å². The van der Waals surface area contributed by atoms with E-state index in [-0.39, 0.29) is 22.5 Å². The van der Waals surface area contributed by atoms with Crippen LogP contribution >= 0.6 is 0 Å². The summed E-state index contributed by atoms with van der Waals surface area (Å²) in [6.07, 6.45) is 1.21. The van der Waals surface area contributed by atoms with Gasteiger partial charge in [0.05, 0.1) is 4.92 Å². The molecule has 1 aliphatic rings. The van der Waals surface area contributed by atoms with Crippen LogP contribution in [0.3, 0.4) is 0 Å². The van der Waals surface area contributed by atoms with Gasteiger partial charge in [-0.15, -0.1) is 0 Å². The molecule has 1 aliphatic heterocycles. The van der Waals surface area contributed by atoms with Gasteiger partial charge in [0.15, 0.2) is 11.6 Å². The van der Waals surface area contributed by atoms with Crippen molar-refractivity contribution in [1.29, 1.82) is 0 Å². The molecule has 7 heteroatoms. The number of nitro benzene ring substituents is 1.